The highest BCUT2D eigenvalue weighted by atomic mass is 16.2. The highest BCUT2D eigenvalue weighted by Crippen LogP contribution is 2.30. The van der Waals surface area contributed by atoms with Gasteiger partial charge in [0.25, 0.3) is 11.8 Å². The predicted molar refractivity (Wildman–Crippen MR) is 79.8 cm³/mol. The summed E-state index contributed by atoms with van der Waals surface area (Å²) in [4.78, 5) is 26.3. The fourth-order valence-electron chi connectivity index (χ4n) is 2.95. The standard InChI is InChI=1S/C18H13NO2/c20-17-15-9-13-7-4-8-14(13)10-16(15)18(21)19(17)11-12-5-2-1-3-6-12/h1-7,9-10H,8,11H2. The van der Waals surface area contributed by atoms with E-state index in [0.717, 1.165) is 23.1 Å². The van der Waals surface area contributed by atoms with E-state index in [1.54, 1.807) is 0 Å². The van der Waals surface area contributed by atoms with Crippen LogP contribution in [0.1, 0.15) is 37.4 Å². The maximum Gasteiger partial charge on any atom is 0.261 e. The van der Waals surface area contributed by atoms with E-state index in [4.69, 9.17) is 0 Å². The molecule has 0 unspecified atom stereocenters. The molecule has 0 radical (unpaired) electrons. The van der Waals surface area contributed by atoms with Crippen molar-refractivity contribution in [3.8, 4) is 0 Å². The summed E-state index contributed by atoms with van der Waals surface area (Å²) < 4.78 is 0. The second-order valence-corrected chi connectivity index (χ2v) is 5.39. The van der Waals surface area contributed by atoms with Gasteiger partial charge in [0.2, 0.25) is 0 Å². The molecular formula is C18H13NO2. The first-order chi connectivity index (χ1) is 10.2. The fraction of sp³-hybridized carbons (Fsp3) is 0.111. The number of hydrogen-bond donors (Lipinski definition) is 0. The molecule has 0 atom stereocenters. The van der Waals surface area contributed by atoms with Crippen LogP contribution >= 0.6 is 0 Å². The van der Waals surface area contributed by atoms with Gasteiger partial charge in [-0.2, -0.15) is 0 Å². The van der Waals surface area contributed by atoms with Crippen molar-refractivity contribution >= 4 is 17.9 Å². The van der Waals surface area contributed by atoms with E-state index in [1.165, 1.54) is 4.90 Å². The van der Waals surface area contributed by atoms with Gasteiger partial charge >= 0.3 is 0 Å². The van der Waals surface area contributed by atoms with E-state index in [0.29, 0.717) is 17.7 Å². The van der Waals surface area contributed by atoms with Gasteiger partial charge in [0.15, 0.2) is 0 Å². The molecule has 0 saturated carbocycles. The fourth-order valence-corrected chi connectivity index (χ4v) is 2.95. The molecule has 1 aliphatic heterocycles. The molecule has 0 aromatic heterocycles. The van der Waals surface area contributed by atoms with Gasteiger partial charge in [-0.15, -0.1) is 0 Å². The summed E-state index contributed by atoms with van der Waals surface area (Å²) in [5.74, 6) is -0.379. The van der Waals surface area contributed by atoms with Crippen molar-refractivity contribution in [1.82, 2.24) is 4.90 Å². The molecule has 21 heavy (non-hydrogen) atoms. The van der Waals surface area contributed by atoms with Crippen molar-refractivity contribution < 1.29 is 9.59 Å². The summed E-state index contributed by atoms with van der Waals surface area (Å²) >= 11 is 0. The third-order valence-corrected chi connectivity index (χ3v) is 4.05. The number of allylic oxidation sites excluding steroid dienone is 1. The lowest BCUT2D eigenvalue weighted by Crippen LogP contribution is -2.29. The number of carbonyl (C=O) groups is 2. The Morgan fingerprint density at radius 3 is 2.43 bits per heavy atom. The second kappa shape index (κ2) is 4.42. The van der Waals surface area contributed by atoms with Gasteiger partial charge in [-0.1, -0.05) is 42.5 Å². The van der Waals surface area contributed by atoms with Gasteiger partial charge in [-0.25, -0.2) is 0 Å². The molecule has 0 spiro atoms. The number of imide groups is 1. The molecule has 102 valence electrons. The van der Waals surface area contributed by atoms with Crippen LogP contribution in [0.15, 0.2) is 48.5 Å². The third-order valence-electron chi connectivity index (χ3n) is 4.05. The minimum Gasteiger partial charge on any atom is -0.270 e. The summed E-state index contributed by atoms with van der Waals surface area (Å²) in [6.07, 6.45) is 4.90. The maximum absolute atomic E-state index is 12.5. The van der Waals surface area contributed by atoms with E-state index in [9.17, 15) is 9.59 Å². The molecule has 1 aliphatic carbocycles. The molecule has 0 fully saturated rings. The minimum atomic E-state index is -0.193. The zero-order valence-corrected chi connectivity index (χ0v) is 11.4. The highest BCUT2D eigenvalue weighted by Gasteiger charge is 2.36. The number of benzene rings is 2. The second-order valence-electron chi connectivity index (χ2n) is 5.39. The molecule has 4 rings (SSSR count). The number of rotatable bonds is 2. The zero-order chi connectivity index (χ0) is 14.4. The largest absolute Gasteiger partial charge is 0.270 e. The molecule has 2 aromatic carbocycles. The van der Waals surface area contributed by atoms with E-state index >= 15 is 0 Å². The van der Waals surface area contributed by atoms with E-state index in [-0.39, 0.29) is 11.8 Å². The summed E-state index contributed by atoms with van der Waals surface area (Å²) in [5.41, 5.74) is 4.20. The van der Waals surface area contributed by atoms with Crippen molar-refractivity contribution in [3.05, 3.63) is 76.4 Å². The topological polar surface area (TPSA) is 37.4 Å². The van der Waals surface area contributed by atoms with Crippen LogP contribution in [-0.2, 0) is 13.0 Å². The summed E-state index contributed by atoms with van der Waals surface area (Å²) in [7, 11) is 0. The molecule has 3 nitrogen and oxygen atoms in total. The van der Waals surface area contributed by atoms with Gasteiger partial charge in [0.1, 0.15) is 0 Å². The number of nitrogens with zero attached hydrogens (tertiary/aromatic N) is 1. The first-order valence-electron chi connectivity index (χ1n) is 6.97. The number of amides is 2. The molecule has 0 N–H and O–H groups in total. The Bertz CT molecular complexity index is 790. The molecule has 3 heteroatoms. The van der Waals surface area contributed by atoms with Gasteiger partial charge in [-0.3, -0.25) is 14.5 Å². The molecular weight excluding hydrogens is 262 g/mol. The lowest BCUT2D eigenvalue weighted by atomic mass is 10.0. The zero-order valence-electron chi connectivity index (χ0n) is 11.4. The lowest BCUT2D eigenvalue weighted by molar-refractivity contribution is 0.0642. The van der Waals surface area contributed by atoms with Gasteiger partial charge < -0.3 is 0 Å². The Kier molecular flexibility index (Phi) is 2.54. The van der Waals surface area contributed by atoms with Crippen LogP contribution in [0.3, 0.4) is 0 Å². The molecule has 1 heterocycles. The van der Waals surface area contributed by atoms with E-state index in [2.05, 4.69) is 6.08 Å². The third kappa shape index (κ3) is 1.82. The molecule has 0 saturated heterocycles. The number of carbonyl (C=O) groups excluding carboxylic acids is 2. The van der Waals surface area contributed by atoms with Crippen LogP contribution in [0.2, 0.25) is 0 Å². The Morgan fingerprint density at radius 1 is 0.952 bits per heavy atom. The van der Waals surface area contributed by atoms with Crippen LogP contribution in [0, 0.1) is 0 Å². The van der Waals surface area contributed by atoms with Crippen LogP contribution in [0.5, 0.6) is 0 Å². The molecule has 2 aliphatic rings. The summed E-state index contributed by atoms with van der Waals surface area (Å²) in [6, 6.07) is 13.3. The number of hydrogen-bond acceptors (Lipinski definition) is 2. The first-order valence-corrected chi connectivity index (χ1v) is 6.97. The summed E-state index contributed by atoms with van der Waals surface area (Å²) in [5, 5.41) is 0. The maximum atomic E-state index is 12.5. The van der Waals surface area contributed by atoms with Gasteiger partial charge in [0, 0.05) is 0 Å². The van der Waals surface area contributed by atoms with E-state index < -0.39 is 0 Å². The van der Waals surface area contributed by atoms with Crippen molar-refractivity contribution in [2.24, 2.45) is 0 Å². The Balaban J connectivity index is 1.72. The van der Waals surface area contributed by atoms with Gasteiger partial charge in [-0.05, 0) is 35.2 Å². The van der Waals surface area contributed by atoms with Crippen LogP contribution < -0.4 is 0 Å². The number of fused-ring (bicyclic) bond motifs is 2. The SMILES string of the molecule is O=C1c2cc3c(cc2C(=O)N1Cc1ccccc1)CC=C3. The van der Waals surface area contributed by atoms with Crippen molar-refractivity contribution in [2.75, 3.05) is 0 Å². The van der Waals surface area contributed by atoms with Crippen LogP contribution in [0.25, 0.3) is 6.08 Å². The van der Waals surface area contributed by atoms with Gasteiger partial charge in [0.05, 0.1) is 17.7 Å². The minimum absolute atomic E-state index is 0.187. The van der Waals surface area contributed by atoms with Crippen molar-refractivity contribution in [2.45, 2.75) is 13.0 Å². The highest BCUT2D eigenvalue weighted by molar-refractivity contribution is 6.21. The molecule has 0 bridgehead atoms. The normalized spacial score (nSPS) is 15.5. The average molecular weight is 275 g/mol. The molecule has 2 amide bonds. The Morgan fingerprint density at radius 2 is 1.67 bits per heavy atom. The monoisotopic (exact) mass is 275 g/mol. The van der Waals surface area contributed by atoms with Crippen molar-refractivity contribution in [3.63, 3.8) is 0 Å². The Hall–Kier alpha value is -2.68. The first kappa shape index (κ1) is 12.1. The Labute approximate surface area is 122 Å². The van der Waals surface area contributed by atoms with Crippen molar-refractivity contribution in [1.29, 1.82) is 0 Å². The quantitative estimate of drug-likeness (QED) is 0.790. The summed E-state index contributed by atoms with van der Waals surface area (Å²) in [6.45, 7) is 0.327. The molecule has 2 aromatic rings. The van der Waals surface area contributed by atoms with Crippen LogP contribution in [-0.4, -0.2) is 16.7 Å². The predicted octanol–water partition coefficient (Wildman–Crippen LogP) is 3.05. The smallest absolute Gasteiger partial charge is 0.261 e. The van der Waals surface area contributed by atoms with Crippen LogP contribution in [0.4, 0.5) is 0 Å². The van der Waals surface area contributed by atoms with E-state index in [1.807, 2.05) is 48.5 Å². The average Bonchev–Trinajstić information content (AvgIpc) is 3.06. The lowest BCUT2D eigenvalue weighted by Gasteiger charge is -2.13.